The van der Waals surface area contributed by atoms with Crippen molar-refractivity contribution in [2.75, 3.05) is 23.3 Å². The van der Waals surface area contributed by atoms with Gasteiger partial charge in [0.2, 0.25) is 0 Å². The molecule has 1 aliphatic rings. The molecule has 0 bridgehead atoms. The lowest BCUT2D eigenvalue weighted by atomic mass is 10.0. The molecule has 2 heterocycles. The zero-order valence-electron chi connectivity index (χ0n) is 15.7. The average Bonchev–Trinajstić information content (AvgIpc) is 2.75. The average molecular weight is 389 g/mol. The summed E-state index contributed by atoms with van der Waals surface area (Å²) in [6, 6.07) is 17.5. The molecule has 0 atom stereocenters. The summed E-state index contributed by atoms with van der Waals surface area (Å²) in [6.45, 7) is 1.47. The van der Waals surface area contributed by atoms with E-state index in [4.69, 9.17) is 0 Å². The molecule has 146 valence electrons. The topological polar surface area (TPSA) is 85.1 Å². The van der Waals surface area contributed by atoms with Crippen LogP contribution in [0.3, 0.4) is 0 Å². The van der Waals surface area contributed by atoms with Gasteiger partial charge < -0.3 is 15.3 Å². The quantitative estimate of drug-likeness (QED) is 0.705. The van der Waals surface area contributed by atoms with Gasteiger partial charge in [0, 0.05) is 24.3 Å². The highest BCUT2D eigenvalue weighted by Gasteiger charge is 2.19. The summed E-state index contributed by atoms with van der Waals surface area (Å²) in [7, 11) is 0. The zero-order chi connectivity index (χ0) is 20.2. The first-order valence-electron chi connectivity index (χ1n) is 9.46. The van der Waals surface area contributed by atoms with E-state index in [1.165, 1.54) is 12.1 Å². The Morgan fingerprint density at radius 1 is 1.03 bits per heavy atom. The molecule has 1 aromatic heterocycles. The maximum Gasteiger partial charge on any atom is 0.153 e. The number of hydrogen-bond donors (Lipinski definition) is 2. The molecule has 29 heavy (non-hydrogen) atoms. The number of aromatic nitrogens is 2. The molecule has 6 nitrogen and oxygen atoms in total. The van der Waals surface area contributed by atoms with Crippen molar-refractivity contribution in [1.29, 1.82) is 5.26 Å². The van der Waals surface area contributed by atoms with Crippen LogP contribution in [0.15, 0.2) is 54.6 Å². The second-order valence-corrected chi connectivity index (χ2v) is 7.00. The van der Waals surface area contributed by atoms with Crippen LogP contribution >= 0.6 is 0 Å². The third kappa shape index (κ3) is 4.33. The predicted molar refractivity (Wildman–Crippen MR) is 109 cm³/mol. The van der Waals surface area contributed by atoms with Gasteiger partial charge in [0.1, 0.15) is 11.9 Å². The van der Waals surface area contributed by atoms with E-state index in [1.807, 2.05) is 12.1 Å². The first-order chi connectivity index (χ1) is 14.1. The van der Waals surface area contributed by atoms with Gasteiger partial charge in [-0.1, -0.05) is 0 Å². The summed E-state index contributed by atoms with van der Waals surface area (Å²) in [6.07, 6.45) is 1.16. The molecule has 7 heteroatoms. The van der Waals surface area contributed by atoms with E-state index < -0.39 is 0 Å². The number of hydrogen-bond acceptors (Lipinski definition) is 6. The predicted octanol–water partition coefficient (Wildman–Crippen LogP) is 3.86. The summed E-state index contributed by atoms with van der Waals surface area (Å²) >= 11 is 0. The Morgan fingerprint density at radius 2 is 1.79 bits per heavy atom. The van der Waals surface area contributed by atoms with Gasteiger partial charge in [0.05, 0.1) is 23.0 Å². The van der Waals surface area contributed by atoms with Crippen molar-refractivity contribution in [3.63, 3.8) is 0 Å². The molecule has 0 spiro atoms. The van der Waals surface area contributed by atoms with E-state index in [0.29, 0.717) is 29.9 Å². The maximum atomic E-state index is 13.1. The molecular formula is C22H20FN5O. The Bertz CT molecular complexity index is 1020. The van der Waals surface area contributed by atoms with Gasteiger partial charge in [-0.05, 0) is 67.4 Å². The van der Waals surface area contributed by atoms with Crippen LogP contribution in [0.2, 0.25) is 0 Å². The van der Waals surface area contributed by atoms with Crippen LogP contribution in [0.5, 0.6) is 0 Å². The number of nitriles is 1. The summed E-state index contributed by atoms with van der Waals surface area (Å²) in [4.78, 5) is 2.13. The number of nitrogens with one attached hydrogen (secondary N) is 1. The van der Waals surface area contributed by atoms with Crippen molar-refractivity contribution in [2.45, 2.75) is 18.9 Å². The van der Waals surface area contributed by atoms with Crippen molar-refractivity contribution in [2.24, 2.45) is 0 Å². The van der Waals surface area contributed by atoms with Gasteiger partial charge in [-0.15, -0.1) is 10.2 Å². The first-order valence-corrected chi connectivity index (χ1v) is 9.46. The van der Waals surface area contributed by atoms with Gasteiger partial charge >= 0.3 is 0 Å². The Morgan fingerprint density at radius 3 is 2.45 bits per heavy atom. The van der Waals surface area contributed by atoms with Crippen LogP contribution in [-0.4, -0.2) is 34.5 Å². The Kier molecular flexibility index (Phi) is 5.36. The Balaban J connectivity index is 1.49. The van der Waals surface area contributed by atoms with E-state index in [9.17, 15) is 14.8 Å². The van der Waals surface area contributed by atoms with Crippen molar-refractivity contribution in [3.05, 3.63) is 66.0 Å². The maximum absolute atomic E-state index is 13.1. The van der Waals surface area contributed by atoms with E-state index in [0.717, 1.165) is 30.0 Å². The van der Waals surface area contributed by atoms with Gasteiger partial charge in [-0.2, -0.15) is 5.26 Å². The number of aliphatic hydroxyl groups excluding tert-OH is 1. The van der Waals surface area contributed by atoms with Crippen LogP contribution in [0.25, 0.3) is 11.3 Å². The molecule has 0 unspecified atom stereocenters. The summed E-state index contributed by atoms with van der Waals surface area (Å²) in [5.41, 5.74) is 3.63. The molecule has 0 aliphatic carbocycles. The minimum atomic E-state index is -0.294. The standard InChI is InChI=1S/C22H20FN5O/c23-17-3-1-15(2-4-17)20-6-8-22(27-26-20)25-18-5-7-21(16(13-18)14-24)28-11-9-19(29)10-12-28/h1-8,13,19,29H,9-12H2,(H,25,27). The van der Waals surface area contributed by atoms with Crippen LogP contribution in [0, 0.1) is 17.1 Å². The van der Waals surface area contributed by atoms with Crippen LogP contribution in [0.4, 0.5) is 21.6 Å². The fraction of sp³-hybridized carbons (Fsp3) is 0.227. The van der Waals surface area contributed by atoms with Crippen LogP contribution < -0.4 is 10.2 Å². The molecule has 0 radical (unpaired) electrons. The van der Waals surface area contributed by atoms with E-state index >= 15 is 0 Å². The Hall–Kier alpha value is -3.50. The summed E-state index contributed by atoms with van der Waals surface area (Å²) in [5, 5.41) is 30.8. The normalized spacial score (nSPS) is 14.4. The van der Waals surface area contributed by atoms with E-state index in [1.54, 1.807) is 30.3 Å². The fourth-order valence-corrected chi connectivity index (χ4v) is 3.41. The highest BCUT2D eigenvalue weighted by Crippen LogP contribution is 2.28. The van der Waals surface area contributed by atoms with Gasteiger partial charge in [-0.3, -0.25) is 0 Å². The second kappa shape index (κ2) is 8.25. The molecule has 2 N–H and O–H groups in total. The van der Waals surface area contributed by atoms with Crippen molar-refractivity contribution in [1.82, 2.24) is 10.2 Å². The molecular weight excluding hydrogens is 369 g/mol. The van der Waals surface area contributed by atoms with E-state index in [2.05, 4.69) is 26.5 Å². The van der Waals surface area contributed by atoms with Crippen LogP contribution in [0.1, 0.15) is 18.4 Å². The minimum absolute atomic E-state index is 0.255. The lowest BCUT2D eigenvalue weighted by Gasteiger charge is -2.32. The fourth-order valence-electron chi connectivity index (χ4n) is 3.41. The molecule has 2 aromatic carbocycles. The number of halogens is 1. The van der Waals surface area contributed by atoms with Crippen molar-refractivity contribution < 1.29 is 9.50 Å². The molecule has 0 amide bonds. The monoisotopic (exact) mass is 389 g/mol. The molecule has 4 rings (SSSR count). The highest BCUT2D eigenvalue weighted by molar-refractivity contribution is 5.69. The lowest BCUT2D eigenvalue weighted by molar-refractivity contribution is 0.145. The molecule has 1 saturated heterocycles. The third-order valence-corrected chi connectivity index (χ3v) is 5.00. The largest absolute Gasteiger partial charge is 0.393 e. The molecule has 1 fully saturated rings. The summed E-state index contributed by atoms with van der Waals surface area (Å²) in [5.74, 6) is 0.256. The smallest absolute Gasteiger partial charge is 0.153 e. The van der Waals surface area contributed by atoms with Crippen LogP contribution in [-0.2, 0) is 0 Å². The number of nitrogens with zero attached hydrogens (tertiary/aromatic N) is 4. The number of anilines is 3. The number of piperidine rings is 1. The lowest BCUT2D eigenvalue weighted by Crippen LogP contribution is -2.36. The van der Waals surface area contributed by atoms with E-state index in [-0.39, 0.29) is 11.9 Å². The van der Waals surface area contributed by atoms with Gasteiger partial charge in [0.15, 0.2) is 5.82 Å². The van der Waals surface area contributed by atoms with Crippen molar-refractivity contribution >= 4 is 17.2 Å². The summed E-state index contributed by atoms with van der Waals surface area (Å²) < 4.78 is 13.1. The van der Waals surface area contributed by atoms with Crippen molar-refractivity contribution in [3.8, 4) is 17.3 Å². The highest BCUT2D eigenvalue weighted by atomic mass is 19.1. The molecule has 0 saturated carbocycles. The minimum Gasteiger partial charge on any atom is -0.393 e. The second-order valence-electron chi connectivity index (χ2n) is 7.00. The molecule has 1 aliphatic heterocycles. The number of rotatable bonds is 4. The van der Waals surface area contributed by atoms with Gasteiger partial charge in [-0.25, -0.2) is 4.39 Å². The van der Waals surface area contributed by atoms with Gasteiger partial charge in [0.25, 0.3) is 0 Å². The number of aliphatic hydroxyl groups is 1. The first kappa shape index (κ1) is 18.8. The Labute approximate surface area is 168 Å². The third-order valence-electron chi connectivity index (χ3n) is 5.00. The SMILES string of the molecule is N#Cc1cc(Nc2ccc(-c3ccc(F)cc3)nn2)ccc1N1CCC(O)CC1. The number of benzene rings is 2. The zero-order valence-corrected chi connectivity index (χ0v) is 15.7. The molecule has 3 aromatic rings.